The summed E-state index contributed by atoms with van der Waals surface area (Å²) in [6.45, 7) is 7.79. The van der Waals surface area contributed by atoms with E-state index in [-0.39, 0.29) is 17.7 Å². The van der Waals surface area contributed by atoms with Crippen molar-refractivity contribution in [1.29, 1.82) is 0 Å². The van der Waals surface area contributed by atoms with Crippen LogP contribution in [0.3, 0.4) is 0 Å². The van der Waals surface area contributed by atoms with E-state index in [2.05, 4.69) is 18.2 Å². The molecule has 0 saturated carbocycles. The van der Waals surface area contributed by atoms with E-state index in [1.54, 1.807) is 23.1 Å². The number of hydrogen-bond acceptors (Lipinski definition) is 3. The molecule has 0 bridgehead atoms. The van der Waals surface area contributed by atoms with E-state index in [1.807, 2.05) is 25.7 Å². The molecular weight excluding hydrogens is 400 g/mol. The van der Waals surface area contributed by atoms with E-state index >= 15 is 0 Å². The van der Waals surface area contributed by atoms with Crippen LogP contribution in [0.2, 0.25) is 5.02 Å². The number of methoxy groups -OCH3 is 1. The summed E-state index contributed by atoms with van der Waals surface area (Å²) >= 11 is 6.08. The fourth-order valence-electron chi connectivity index (χ4n) is 4.14. The molecule has 6 heteroatoms. The Morgan fingerprint density at radius 3 is 2.30 bits per heavy atom. The van der Waals surface area contributed by atoms with Crippen LogP contribution in [0.25, 0.3) is 0 Å². The van der Waals surface area contributed by atoms with E-state index < -0.39 is 0 Å². The first-order valence-corrected chi connectivity index (χ1v) is 10.7. The van der Waals surface area contributed by atoms with Gasteiger partial charge in [0.25, 0.3) is 5.91 Å². The molecule has 2 aromatic carbocycles. The first-order chi connectivity index (χ1) is 14.3. The molecule has 0 radical (unpaired) electrons. The van der Waals surface area contributed by atoms with Gasteiger partial charge in [-0.15, -0.1) is 0 Å². The topological polar surface area (TPSA) is 49.9 Å². The molecular formula is C24H29ClN2O3. The van der Waals surface area contributed by atoms with Crippen molar-refractivity contribution in [3.8, 4) is 5.75 Å². The molecule has 2 amide bonds. The van der Waals surface area contributed by atoms with Crippen molar-refractivity contribution >= 4 is 29.1 Å². The van der Waals surface area contributed by atoms with Crippen molar-refractivity contribution in [3.63, 3.8) is 0 Å². The maximum atomic E-state index is 13.2. The van der Waals surface area contributed by atoms with Crippen LogP contribution >= 0.6 is 11.6 Å². The normalized spacial score (nSPS) is 14.5. The van der Waals surface area contributed by atoms with Gasteiger partial charge in [0, 0.05) is 36.3 Å². The average Bonchev–Trinajstić information content (AvgIpc) is 2.73. The van der Waals surface area contributed by atoms with Crippen molar-refractivity contribution in [1.82, 2.24) is 4.90 Å². The van der Waals surface area contributed by atoms with Gasteiger partial charge in [-0.1, -0.05) is 17.7 Å². The number of benzene rings is 2. The largest absolute Gasteiger partial charge is 0.496 e. The molecule has 0 aromatic heterocycles. The van der Waals surface area contributed by atoms with Crippen LogP contribution in [0.1, 0.15) is 41.3 Å². The number of aryl methyl sites for hydroxylation is 2. The predicted molar refractivity (Wildman–Crippen MR) is 121 cm³/mol. The minimum atomic E-state index is -0.109. The third-order valence-electron chi connectivity index (χ3n) is 5.62. The van der Waals surface area contributed by atoms with Crippen LogP contribution in [-0.4, -0.2) is 43.5 Å². The van der Waals surface area contributed by atoms with Crippen molar-refractivity contribution in [2.45, 2.75) is 33.6 Å². The summed E-state index contributed by atoms with van der Waals surface area (Å²) in [6.07, 6.45) is 1.30. The van der Waals surface area contributed by atoms with E-state index in [9.17, 15) is 9.59 Å². The highest BCUT2D eigenvalue weighted by Crippen LogP contribution is 2.28. The van der Waals surface area contributed by atoms with Gasteiger partial charge in [-0.25, -0.2) is 0 Å². The van der Waals surface area contributed by atoms with E-state index in [0.29, 0.717) is 48.8 Å². The Balaban J connectivity index is 1.69. The lowest BCUT2D eigenvalue weighted by Crippen LogP contribution is -2.44. The Morgan fingerprint density at radius 1 is 1.10 bits per heavy atom. The lowest BCUT2D eigenvalue weighted by Gasteiger charge is -2.34. The van der Waals surface area contributed by atoms with Gasteiger partial charge in [0.1, 0.15) is 5.75 Å². The summed E-state index contributed by atoms with van der Waals surface area (Å²) in [5, 5.41) is 0.497. The second-order valence-electron chi connectivity index (χ2n) is 7.84. The SMILES string of the molecule is CCN(C(=O)C1CCN(C(=O)c2cc(Cl)ccc2OC)CC1)c1cc(C)cc(C)c1. The third-order valence-corrected chi connectivity index (χ3v) is 5.86. The van der Waals surface area contributed by atoms with Gasteiger partial charge in [-0.2, -0.15) is 0 Å². The Kier molecular flexibility index (Phi) is 7.03. The van der Waals surface area contributed by atoms with Crippen molar-refractivity contribution in [3.05, 3.63) is 58.1 Å². The molecule has 1 heterocycles. The van der Waals surface area contributed by atoms with E-state index in [0.717, 1.165) is 16.8 Å². The van der Waals surface area contributed by atoms with E-state index in [1.165, 1.54) is 7.11 Å². The second-order valence-corrected chi connectivity index (χ2v) is 8.28. The summed E-state index contributed by atoms with van der Waals surface area (Å²) in [5.41, 5.74) is 3.70. The number of nitrogens with zero attached hydrogens (tertiary/aromatic N) is 2. The summed E-state index contributed by atoms with van der Waals surface area (Å²) in [5.74, 6) is 0.447. The molecule has 0 aliphatic carbocycles. The molecule has 0 atom stereocenters. The molecule has 30 heavy (non-hydrogen) atoms. The van der Waals surface area contributed by atoms with Crippen LogP contribution in [0, 0.1) is 19.8 Å². The quantitative estimate of drug-likeness (QED) is 0.682. The molecule has 0 spiro atoms. The first kappa shape index (κ1) is 22.2. The van der Waals surface area contributed by atoms with Gasteiger partial charge in [-0.3, -0.25) is 9.59 Å². The van der Waals surface area contributed by atoms with Gasteiger partial charge in [0.05, 0.1) is 12.7 Å². The average molecular weight is 429 g/mol. The van der Waals surface area contributed by atoms with Crippen LogP contribution < -0.4 is 9.64 Å². The van der Waals surface area contributed by atoms with Crippen LogP contribution in [0.4, 0.5) is 5.69 Å². The smallest absolute Gasteiger partial charge is 0.257 e. The zero-order chi connectivity index (χ0) is 21.8. The summed E-state index contributed by atoms with van der Waals surface area (Å²) < 4.78 is 5.32. The second kappa shape index (κ2) is 9.52. The van der Waals surface area contributed by atoms with Crippen LogP contribution in [-0.2, 0) is 4.79 Å². The number of hydrogen-bond donors (Lipinski definition) is 0. The third kappa shape index (κ3) is 4.78. The molecule has 0 N–H and O–H groups in total. The number of carbonyl (C=O) groups excluding carboxylic acids is 2. The number of amides is 2. The predicted octanol–water partition coefficient (Wildman–Crippen LogP) is 4.87. The molecule has 0 unspecified atom stereocenters. The van der Waals surface area contributed by atoms with Gasteiger partial charge < -0.3 is 14.5 Å². The van der Waals surface area contributed by atoms with Crippen molar-refractivity contribution in [2.75, 3.05) is 31.6 Å². The Labute approximate surface area is 183 Å². The first-order valence-electron chi connectivity index (χ1n) is 10.4. The number of piperidine rings is 1. The minimum absolute atomic E-state index is 0.0870. The lowest BCUT2D eigenvalue weighted by molar-refractivity contribution is -0.123. The number of halogens is 1. The zero-order valence-electron chi connectivity index (χ0n) is 18.1. The van der Waals surface area contributed by atoms with Crippen LogP contribution in [0.5, 0.6) is 5.75 Å². The van der Waals surface area contributed by atoms with Gasteiger partial charge in [0.2, 0.25) is 5.91 Å². The number of rotatable bonds is 5. The Morgan fingerprint density at radius 2 is 1.73 bits per heavy atom. The minimum Gasteiger partial charge on any atom is -0.496 e. The summed E-state index contributed by atoms with van der Waals surface area (Å²) in [6, 6.07) is 11.3. The van der Waals surface area contributed by atoms with Gasteiger partial charge >= 0.3 is 0 Å². The standard InChI is InChI=1S/C24H29ClN2O3/c1-5-27(20-13-16(2)12-17(3)14-20)23(28)18-8-10-26(11-9-18)24(29)21-15-19(25)6-7-22(21)30-4/h6-7,12-15,18H,5,8-11H2,1-4H3. The Hall–Kier alpha value is -2.53. The molecule has 2 aromatic rings. The maximum absolute atomic E-state index is 13.2. The number of anilines is 1. The molecule has 1 aliphatic rings. The lowest BCUT2D eigenvalue weighted by atomic mass is 9.94. The molecule has 5 nitrogen and oxygen atoms in total. The molecule has 1 fully saturated rings. The molecule has 1 aliphatic heterocycles. The fraction of sp³-hybridized carbons (Fsp3) is 0.417. The highest BCUT2D eigenvalue weighted by atomic mass is 35.5. The number of likely N-dealkylation sites (tertiary alicyclic amines) is 1. The van der Waals surface area contributed by atoms with Crippen LogP contribution in [0.15, 0.2) is 36.4 Å². The fourth-order valence-corrected chi connectivity index (χ4v) is 4.31. The summed E-state index contributed by atoms with van der Waals surface area (Å²) in [7, 11) is 1.54. The highest BCUT2D eigenvalue weighted by Gasteiger charge is 2.31. The maximum Gasteiger partial charge on any atom is 0.257 e. The number of carbonyl (C=O) groups is 2. The zero-order valence-corrected chi connectivity index (χ0v) is 18.8. The highest BCUT2D eigenvalue weighted by molar-refractivity contribution is 6.31. The van der Waals surface area contributed by atoms with Crippen molar-refractivity contribution in [2.24, 2.45) is 5.92 Å². The number of ether oxygens (including phenoxy) is 1. The Bertz CT molecular complexity index is 916. The molecule has 1 saturated heterocycles. The van der Waals surface area contributed by atoms with Crippen molar-refractivity contribution < 1.29 is 14.3 Å². The molecule has 160 valence electrons. The van der Waals surface area contributed by atoms with E-state index in [4.69, 9.17) is 16.3 Å². The van der Waals surface area contributed by atoms with Gasteiger partial charge in [0.15, 0.2) is 0 Å². The van der Waals surface area contributed by atoms with Gasteiger partial charge in [-0.05, 0) is 75.1 Å². The summed E-state index contributed by atoms with van der Waals surface area (Å²) in [4.78, 5) is 29.9. The monoisotopic (exact) mass is 428 g/mol. The molecule has 3 rings (SSSR count).